The van der Waals surface area contributed by atoms with Crippen LogP contribution in [0.4, 0.5) is 5.69 Å². The highest BCUT2D eigenvalue weighted by atomic mass is 16.7. The van der Waals surface area contributed by atoms with Crippen LogP contribution in [0.5, 0.6) is 11.5 Å². The monoisotopic (exact) mass is 427 g/mol. The first kappa shape index (κ1) is 19.9. The third-order valence-corrected chi connectivity index (χ3v) is 6.04. The molecule has 3 aromatic carbocycles. The summed E-state index contributed by atoms with van der Waals surface area (Å²) < 4.78 is 10.7. The van der Waals surface area contributed by atoms with Crippen molar-refractivity contribution >= 4 is 23.1 Å². The molecule has 160 valence electrons. The summed E-state index contributed by atoms with van der Waals surface area (Å²) in [5.74, 6) is -0.598. The number of aliphatic hydroxyl groups excluding tert-OH is 1. The van der Waals surface area contributed by atoms with E-state index in [-0.39, 0.29) is 18.1 Å². The van der Waals surface area contributed by atoms with Gasteiger partial charge >= 0.3 is 0 Å². The fraction of sp³-hybridized carbons (Fsp3) is 0.154. The number of hydrogen-bond acceptors (Lipinski definition) is 5. The van der Waals surface area contributed by atoms with Crippen LogP contribution >= 0.6 is 0 Å². The summed E-state index contributed by atoms with van der Waals surface area (Å²) in [6.45, 7) is 3.98. The Balaban J connectivity index is 1.73. The van der Waals surface area contributed by atoms with E-state index >= 15 is 0 Å². The second kappa shape index (κ2) is 7.57. The van der Waals surface area contributed by atoms with Crippen molar-refractivity contribution in [1.82, 2.24) is 0 Å². The molecule has 0 bridgehead atoms. The Morgan fingerprint density at radius 1 is 0.938 bits per heavy atom. The van der Waals surface area contributed by atoms with E-state index in [0.717, 1.165) is 16.7 Å². The number of nitrogens with zero attached hydrogens (tertiary/aromatic N) is 1. The summed E-state index contributed by atoms with van der Waals surface area (Å²) in [6.07, 6.45) is 0. The van der Waals surface area contributed by atoms with Gasteiger partial charge in [-0.05, 0) is 54.8 Å². The first-order valence-corrected chi connectivity index (χ1v) is 10.3. The molecule has 1 amide bonds. The number of anilines is 1. The molecule has 0 radical (unpaired) electrons. The first-order chi connectivity index (χ1) is 15.5. The molecule has 2 heterocycles. The van der Waals surface area contributed by atoms with E-state index in [4.69, 9.17) is 9.47 Å². The predicted molar refractivity (Wildman–Crippen MR) is 120 cm³/mol. The summed E-state index contributed by atoms with van der Waals surface area (Å²) in [6, 6.07) is 19.1. The first-order valence-electron chi connectivity index (χ1n) is 10.3. The summed E-state index contributed by atoms with van der Waals surface area (Å²) in [5.41, 5.74) is 3.71. The average Bonchev–Trinajstić information content (AvgIpc) is 3.38. The van der Waals surface area contributed by atoms with Gasteiger partial charge in [-0.2, -0.15) is 0 Å². The quantitative estimate of drug-likeness (QED) is 0.374. The molecule has 32 heavy (non-hydrogen) atoms. The van der Waals surface area contributed by atoms with Crippen LogP contribution in [-0.2, 0) is 9.59 Å². The van der Waals surface area contributed by atoms with Gasteiger partial charge in [0.15, 0.2) is 11.5 Å². The molecule has 1 fully saturated rings. The zero-order valence-corrected chi connectivity index (χ0v) is 17.7. The van der Waals surface area contributed by atoms with Crippen molar-refractivity contribution < 1.29 is 24.2 Å². The fourth-order valence-electron chi connectivity index (χ4n) is 4.23. The van der Waals surface area contributed by atoms with Crippen LogP contribution in [0, 0.1) is 13.8 Å². The van der Waals surface area contributed by atoms with E-state index in [0.29, 0.717) is 22.7 Å². The number of carbonyl (C=O) groups is 2. The topological polar surface area (TPSA) is 76.1 Å². The van der Waals surface area contributed by atoms with Gasteiger partial charge < -0.3 is 14.6 Å². The number of Topliss-reactive ketones (excluding diaryl/α,β-unsaturated/α-hetero) is 1. The van der Waals surface area contributed by atoms with Gasteiger partial charge in [0.1, 0.15) is 5.76 Å². The summed E-state index contributed by atoms with van der Waals surface area (Å²) in [4.78, 5) is 28.0. The van der Waals surface area contributed by atoms with E-state index in [9.17, 15) is 14.7 Å². The molecule has 0 aromatic heterocycles. The number of rotatable bonds is 3. The van der Waals surface area contributed by atoms with Crippen LogP contribution in [-0.4, -0.2) is 23.6 Å². The van der Waals surface area contributed by atoms with Crippen LogP contribution in [0.3, 0.4) is 0 Å². The number of ether oxygens (including phenoxy) is 2. The number of benzene rings is 3. The van der Waals surface area contributed by atoms with E-state index in [1.165, 1.54) is 4.90 Å². The number of hydrogen-bond donors (Lipinski definition) is 1. The second-order valence-electron chi connectivity index (χ2n) is 7.87. The SMILES string of the molecule is Cc1cccc(N2C(=O)C(=O)/C(=C(\O)c3ccc4c(c3)OCO4)C2c2ccccc2)c1C. The maximum absolute atomic E-state index is 13.3. The standard InChI is InChI=1S/C26H21NO5/c1-15-7-6-10-19(16(15)2)27-23(17-8-4-3-5-9-17)22(25(29)26(27)30)24(28)18-11-12-20-21(13-18)32-14-31-20/h3-13,23,28H,14H2,1-2H3/b24-22-. The minimum absolute atomic E-state index is 0.0426. The number of amides is 1. The van der Waals surface area contributed by atoms with Gasteiger partial charge in [0, 0.05) is 11.3 Å². The molecule has 1 atom stereocenters. The Morgan fingerprint density at radius 2 is 1.69 bits per heavy atom. The summed E-state index contributed by atoms with van der Waals surface area (Å²) in [5, 5.41) is 11.2. The van der Waals surface area contributed by atoms with Crippen molar-refractivity contribution in [3.8, 4) is 11.5 Å². The van der Waals surface area contributed by atoms with Crippen molar-refractivity contribution in [2.45, 2.75) is 19.9 Å². The fourth-order valence-corrected chi connectivity index (χ4v) is 4.23. The van der Waals surface area contributed by atoms with E-state index in [1.54, 1.807) is 18.2 Å². The molecule has 0 aliphatic carbocycles. The molecule has 6 nitrogen and oxygen atoms in total. The van der Waals surface area contributed by atoms with Gasteiger partial charge in [0.25, 0.3) is 11.7 Å². The summed E-state index contributed by atoms with van der Waals surface area (Å²) >= 11 is 0. The predicted octanol–water partition coefficient (Wildman–Crippen LogP) is 4.66. The summed E-state index contributed by atoms with van der Waals surface area (Å²) in [7, 11) is 0. The molecule has 1 unspecified atom stereocenters. The third-order valence-electron chi connectivity index (χ3n) is 6.04. The third kappa shape index (κ3) is 3.03. The molecule has 5 rings (SSSR count). The van der Waals surface area contributed by atoms with Crippen molar-refractivity contribution in [3.05, 3.63) is 94.6 Å². The number of fused-ring (bicyclic) bond motifs is 1. The highest BCUT2D eigenvalue weighted by Gasteiger charge is 2.47. The lowest BCUT2D eigenvalue weighted by molar-refractivity contribution is -0.132. The molecular formula is C26H21NO5. The zero-order valence-electron chi connectivity index (χ0n) is 17.7. The van der Waals surface area contributed by atoms with Crippen LogP contribution in [0.25, 0.3) is 5.76 Å². The highest BCUT2D eigenvalue weighted by Crippen LogP contribution is 2.44. The lowest BCUT2D eigenvalue weighted by Gasteiger charge is -2.27. The van der Waals surface area contributed by atoms with Gasteiger partial charge in [0.2, 0.25) is 6.79 Å². The lowest BCUT2D eigenvalue weighted by atomic mass is 9.94. The van der Waals surface area contributed by atoms with Gasteiger partial charge in [-0.15, -0.1) is 0 Å². The Bertz CT molecular complexity index is 1280. The Morgan fingerprint density at radius 3 is 2.47 bits per heavy atom. The Kier molecular flexibility index (Phi) is 4.70. The second-order valence-corrected chi connectivity index (χ2v) is 7.87. The number of carbonyl (C=O) groups excluding carboxylic acids is 2. The van der Waals surface area contributed by atoms with Crippen molar-refractivity contribution in [2.75, 3.05) is 11.7 Å². The molecule has 0 saturated carbocycles. The number of ketones is 1. The van der Waals surface area contributed by atoms with Gasteiger partial charge in [-0.1, -0.05) is 42.5 Å². The maximum Gasteiger partial charge on any atom is 0.300 e. The molecule has 2 aliphatic rings. The van der Waals surface area contributed by atoms with Crippen LogP contribution in [0.1, 0.15) is 28.3 Å². The minimum Gasteiger partial charge on any atom is -0.507 e. The van der Waals surface area contributed by atoms with Crippen LogP contribution in [0.2, 0.25) is 0 Å². The lowest BCUT2D eigenvalue weighted by Crippen LogP contribution is -2.30. The number of aryl methyl sites for hydroxylation is 1. The van der Waals surface area contributed by atoms with E-state index in [2.05, 4.69) is 0 Å². The molecule has 0 spiro atoms. The van der Waals surface area contributed by atoms with Crippen LogP contribution < -0.4 is 14.4 Å². The van der Waals surface area contributed by atoms with Gasteiger partial charge in [0.05, 0.1) is 11.6 Å². The normalized spacial score (nSPS) is 18.9. The maximum atomic E-state index is 13.3. The van der Waals surface area contributed by atoms with Crippen molar-refractivity contribution in [2.24, 2.45) is 0 Å². The van der Waals surface area contributed by atoms with E-state index in [1.807, 2.05) is 62.4 Å². The highest BCUT2D eigenvalue weighted by molar-refractivity contribution is 6.51. The minimum atomic E-state index is -0.762. The average molecular weight is 427 g/mol. The molecular weight excluding hydrogens is 406 g/mol. The van der Waals surface area contributed by atoms with Gasteiger partial charge in [-0.25, -0.2) is 0 Å². The smallest absolute Gasteiger partial charge is 0.300 e. The largest absolute Gasteiger partial charge is 0.507 e. The molecule has 1 saturated heterocycles. The van der Waals surface area contributed by atoms with Crippen molar-refractivity contribution in [3.63, 3.8) is 0 Å². The molecule has 1 N–H and O–H groups in total. The Labute approximate surface area is 185 Å². The van der Waals surface area contributed by atoms with Crippen molar-refractivity contribution in [1.29, 1.82) is 0 Å². The van der Waals surface area contributed by atoms with Gasteiger partial charge in [-0.3, -0.25) is 14.5 Å². The van der Waals surface area contributed by atoms with Crippen LogP contribution in [0.15, 0.2) is 72.3 Å². The molecule has 3 aromatic rings. The molecule has 2 aliphatic heterocycles. The molecule has 6 heteroatoms. The zero-order chi connectivity index (χ0) is 22.4. The number of aliphatic hydroxyl groups is 1. The Hall–Kier alpha value is -4.06. The van der Waals surface area contributed by atoms with E-state index < -0.39 is 17.7 Å².